The number of fused-ring (bicyclic) bond motifs is 2. The van der Waals surface area contributed by atoms with E-state index in [2.05, 4.69) is 53.6 Å². The van der Waals surface area contributed by atoms with Gasteiger partial charge < -0.3 is 4.90 Å². The number of aromatic nitrogens is 1. The quantitative estimate of drug-likeness (QED) is 0.747. The second kappa shape index (κ2) is 4.32. The topological polar surface area (TPSA) is 16.1 Å². The summed E-state index contributed by atoms with van der Waals surface area (Å²) < 4.78 is 4.48. The Labute approximate surface area is 124 Å². The minimum absolute atomic E-state index is 0.216. The van der Waals surface area contributed by atoms with Crippen LogP contribution in [0.1, 0.15) is 54.7 Å². The van der Waals surface area contributed by atoms with Gasteiger partial charge in [0.15, 0.2) is 0 Å². The summed E-state index contributed by atoms with van der Waals surface area (Å²) in [4.78, 5) is 4.17. The summed E-state index contributed by atoms with van der Waals surface area (Å²) in [7, 11) is 0. The molecule has 1 aromatic heterocycles. The average Bonchev–Trinajstić information content (AvgIpc) is 3.12. The van der Waals surface area contributed by atoms with Crippen molar-refractivity contribution in [2.75, 3.05) is 4.90 Å². The van der Waals surface area contributed by atoms with Crippen LogP contribution in [0, 0.1) is 6.92 Å². The Morgan fingerprint density at radius 3 is 2.75 bits per heavy atom. The molecule has 3 heteroatoms. The standard InChI is InChI=1S/C17H20N2S/c1-12-7-3-4-8-15(12)19-13(2)16-14(11-18-20-16)17(19)9-5-6-10-17/h3-4,7-8,11,13H,5-6,9-10H2,1-2H3. The lowest BCUT2D eigenvalue weighted by Gasteiger charge is -2.41. The predicted molar refractivity (Wildman–Crippen MR) is 84.3 cm³/mol. The number of rotatable bonds is 1. The van der Waals surface area contributed by atoms with Crippen molar-refractivity contribution in [1.82, 2.24) is 4.37 Å². The van der Waals surface area contributed by atoms with Crippen LogP contribution in [-0.4, -0.2) is 4.37 Å². The van der Waals surface area contributed by atoms with Crippen LogP contribution < -0.4 is 4.90 Å². The van der Waals surface area contributed by atoms with Crippen molar-refractivity contribution in [2.24, 2.45) is 0 Å². The minimum atomic E-state index is 0.216. The van der Waals surface area contributed by atoms with Gasteiger partial charge in [0.25, 0.3) is 0 Å². The highest BCUT2D eigenvalue weighted by molar-refractivity contribution is 7.06. The lowest BCUT2D eigenvalue weighted by Crippen LogP contribution is -2.40. The molecule has 0 bridgehead atoms. The molecule has 1 saturated carbocycles. The van der Waals surface area contributed by atoms with Crippen molar-refractivity contribution in [3.05, 3.63) is 46.5 Å². The highest BCUT2D eigenvalue weighted by Crippen LogP contribution is 2.57. The number of aryl methyl sites for hydroxylation is 1. The van der Waals surface area contributed by atoms with Gasteiger partial charge in [0.2, 0.25) is 0 Å². The fraction of sp³-hybridized carbons (Fsp3) is 0.471. The molecule has 0 amide bonds. The zero-order valence-electron chi connectivity index (χ0n) is 12.1. The summed E-state index contributed by atoms with van der Waals surface area (Å²) in [6.07, 6.45) is 7.36. The third-order valence-corrected chi connectivity index (χ3v) is 6.10. The van der Waals surface area contributed by atoms with Gasteiger partial charge >= 0.3 is 0 Å². The Hall–Kier alpha value is -1.35. The normalized spacial score (nSPS) is 23.5. The van der Waals surface area contributed by atoms with Gasteiger partial charge in [-0.3, -0.25) is 0 Å². The molecule has 1 aromatic carbocycles. The smallest absolute Gasteiger partial charge is 0.0687 e. The largest absolute Gasteiger partial charge is 0.354 e. The molecule has 1 aliphatic heterocycles. The van der Waals surface area contributed by atoms with E-state index in [0.29, 0.717) is 6.04 Å². The van der Waals surface area contributed by atoms with Gasteiger partial charge in [0, 0.05) is 17.4 Å². The van der Waals surface area contributed by atoms with E-state index in [-0.39, 0.29) is 5.54 Å². The third kappa shape index (κ3) is 1.47. The zero-order chi connectivity index (χ0) is 13.7. The highest BCUT2D eigenvalue weighted by atomic mass is 32.1. The maximum absolute atomic E-state index is 4.48. The van der Waals surface area contributed by atoms with E-state index in [1.807, 2.05) is 0 Å². The molecule has 1 spiro atoms. The lowest BCUT2D eigenvalue weighted by atomic mass is 9.90. The van der Waals surface area contributed by atoms with Crippen LogP contribution in [0.15, 0.2) is 30.5 Å². The number of hydrogen-bond acceptors (Lipinski definition) is 3. The molecule has 2 aliphatic rings. The van der Waals surface area contributed by atoms with Crippen LogP contribution in [0.5, 0.6) is 0 Å². The van der Waals surface area contributed by atoms with Crippen molar-refractivity contribution >= 4 is 17.2 Å². The van der Waals surface area contributed by atoms with E-state index in [1.54, 1.807) is 11.5 Å². The van der Waals surface area contributed by atoms with E-state index in [9.17, 15) is 0 Å². The van der Waals surface area contributed by atoms with Gasteiger partial charge in [-0.05, 0) is 49.9 Å². The van der Waals surface area contributed by atoms with Gasteiger partial charge in [0.1, 0.15) is 0 Å². The number of nitrogens with zero attached hydrogens (tertiary/aromatic N) is 2. The van der Waals surface area contributed by atoms with E-state index < -0.39 is 0 Å². The number of anilines is 1. The Balaban J connectivity index is 1.91. The molecule has 1 fully saturated rings. The van der Waals surface area contributed by atoms with Crippen molar-refractivity contribution in [1.29, 1.82) is 0 Å². The van der Waals surface area contributed by atoms with Gasteiger partial charge in [-0.15, -0.1) is 0 Å². The third-order valence-electron chi connectivity index (χ3n) is 5.13. The van der Waals surface area contributed by atoms with Crippen LogP contribution in [0.3, 0.4) is 0 Å². The molecular weight excluding hydrogens is 264 g/mol. The van der Waals surface area contributed by atoms with Gasteiger partial charge in [0.05, 0.1) is 16.5 Å². The fourth-order valence-electron chi connectivity index (χ4n) is 4.26. The van der Waals surface area contributed by atoms with Crippen LogP contribution in [-0.2, 0) is 5.54 Å². The summed E-state index contributed by atoms with van der Waals surface area (Å²) in [5, 5.41) is 0. The summed E-state index contributed by atoms with van der Waals surface area (Å²) >= 11 is 1.69. The Bertz CT molecular complexity index is 640. The monoisotopic (exact) mass is 284 g/mol. The van der Waals surface area contributed by atoms with Gasteiger partial charge in [-0.25, -0.2) is 4.37 Å². The SMILES string of the molecule is Cc1ccccc1N1C(C)c2sncc2C12CCCC2. The fourth-order valence-corrected chi connectivity index (χ4v) is 5.13. The molecule has 1 unspecified atom stereocenters. The summed E-state index contributed by atoms with van der Waals surface area (Å²) in [5.41, 5.74) is 4.52. The molecule has 104 valence electrons. The van der Waals surface area contributed by atoms with Crippen molar-refractivity contribution in [2.45, 2.75) is 51.1 Å². The second-order valence-electron chi connectivity index (χ2n) is 6.17. The molecule has 0 saturated heterocycles. The van der Waals surface area contributed by atoms with Crippen LogP contribution in [0.25, 0.3) is 0 Å². The number of para-hydroxylation sites is 1. The molecule has 2 aromatic rings. The Morgan fingerprint density at radius 2 is 2.00 bits per heavy atom. The maximum Gasteiger partial charge on any atom is 0.0687 e. The first-order chi connectivity index (χ1) is 9.74. The van der Waals surface area contributed by atoms with Crippen molar-refractivity contribution in [3.8, 4) is 0 Å². The summed E-state index contributed by atoms with van der Waals surface area (Å²) in [6.45, 7) is 4.58. The minimum Gasteiger partial charge on any atom is -0.354 e. The molecule has 20 heavy (non-hydrogen) atoms. The van der Waals surface area contributed by atoms with E-state index in [4.69, 9.17) is 0 Å². The number of benzene rings is 1. The molecule has 2 heterocycles. The predicted octanol–water partition coefficient (Wildman–Crippen LogP) is 4.80. The lowest BCUT2D eigenvalue weighted by molar-refractivity contribution is 0.415. The molecule has 0 N–H and O–H groups in total. The first kappa shape index (κ1) is 12.4. The Morgan fingerprint density at radius 1 is 1.25 bits per heavy atom. The number of hydrogen-bond donors (Lipinski definition) is 0. The van der Waals surface area contributed by atoms with E-state index in [1.165, 1.54) is 47.4 Å². The van der Waals surface area contributed by atoms with E-state index in [0.717, 1.165) is 0 Å². The Kier molecular flexibility index (Phi) is 2.68. The van der Waals surface area contributed by atoms with Crippen molar-refractivity contribution in [3.63, 3.8) is 0 Å². The van der Waals surface area contributed by atoms with Crippen LogP contribution in [0.2, 0.25) is 0 Å². The second-order valence-corrected chi connectivity index (χ2v) is 7.01. The first-order valence-corrected chi connectivity index (χ1v) is 8.31. The molecule has 0 radical (unpaired) electrons. The van der Waals surface area contributed by atoms with E-state index >= 15 is 0 Å². The average molecular weight is 284 g/mol. The van der Waals surface area contributed by atoms with Gasteiger partial charge in [-0.1, -0.05) is 31.0 Å². The summed E-state index contributed by atoms with van der Waals surface area (Å²) in [6, 6.07) is 9.28. The summed E-state index contributed by atoms with van der Waals surface area (Å²) in [5.74, 6) is 0. The van der Waals surface area contributed by atoms with Gasteiger partial charge in [-0.2, -0.15) is 0 Å². The molecule has 4 rings (SSSR count). The highest BCUT2D eigenvalue weighted by Gasteiger charge is 2.51. The van der Waals surface area contributed by atoms with Crippen LogP contribution in [0.4, 0.5) is 5.69 Å². The van der Waals surface area contributed by atoms with Crippen LogP contribution >= 0.6 is 11.5 Å². The van der Waals surface area contributed by atoms with Crippen molar-refractivity contribution < 1.29 is 0 Å². The first-order valence-electron chi connectivity index (χ1n) is 7.54. The molecule has 1 atom stereocenters. The molecule has 2 nitrogen and oxygen atoms in total. The maximum atomic E-state index is 4.48. The zero-order valence-corrected chi connectivity index (χ0v) is 12.9. The molecular formula is C17H20N2S. The molecule has 1 aliphatic carbocycles.